The second-order valence-corrected chi connectivity index (χ2v) is 6.06. The molecule has 0 radical (unpaired) electrons. The van der Waals surface area contributed by atoms with Crippen molar-refractivity contribution in [2.45, 2.75) is 31.8 Å². The number of aliphatic hydroxyl groups excluding tert-OH is 1. The highest BCUT2D eigenvalue weighted by Crippen LogP contribution is 2.48. The lowest BCUT2D eigenvalue weighted by molar-refractivity contribution is 0.0362. The van der Waals surface area contributed by atoms with E-state index < -0.39 is 6.10 Å². The molecule has 1 atom stereocenters. The van der Waals surface area contributed by atoms with E-state index in [1.807, 2.05) is 12.1 Å². The van der Waals surface area contributed by atoms with Crippen LogP contribution < -0.4 is 5.73 Å². The molecule has 3 N–H and O–H groups in total. The highest BCUT2D eigenvalue weighted by atomic mass is 35.5. The predicted molar refractivity (Wildman–Crippen MR) is 64.2 cm³/mol. The van der Waals surface area contributed by atoms with Crippen LogP contribution >= 0.6 is 22.9 Å². The first-order chi connectivity index (χ1) is 7.18. The molecule has 84 valence electrons. The fourth-order valence-electron chi connectivity index (χ4n) is 2.45. The van der Waals surface area contributed by atoms with Crippen molar-refractivity contribution in [3.05, 3.63) is 21.3 Å². The first-order valence-corrected chi connectivity index (χ1v) is 6.51. The zero-order chi connectivity index (χ0) is 10.9. The Balaban J connectivity index is 2.21. The Hall–Kier alpha value is -0.0900. The topological polar surface area (TPSA) is 46.2 Å². The minimum atomic E-state index is -0.442. The molecule has 0 spiro atoms. The maximum Gasteiger partial charge on any atom is 0.0950 e. The molecule has 4 heteroatoms. The fourth-order valence-corrected chi connectivity index (χ4v) is 3.63. The third kappa shape index (κ3) is 2.07. The van der Waals surface area contributed by atoms with E-state index in [1.54, 1.807) is 0 Å². The maximum atomic E-state index is 10.4. The highest BCUT2D eigenvalue weighted by molar-refractivity contribution is 7.16. The van der Waals surface area contributed by atoms with Crippen molar-refractivity contribution < 1.29 is 5.11 Å². The number of hydrogen-bond donors (Lipinski definition) is 2. The number of aliphatic hydroxyl groups is 1. The van der Waals surface area contributed by atoms with Gasteiger partial charge in [-0.05, 0) is 25.0 Å². The van der Waals surface area contributed by atoms with Gasteiger partial charge in [0.1, 0.15) is 0 Å². The molecule has 2 nitrogen and oxygen atoms in total. The van der Waals surface area contributed by atoms with Gasteiger partial charge in [0.25, 0.3) is 0 Å². The average Bonchev–Trinajstić information content (AvgIpc) is 2.86. The molecule has 1 fully saturated rings. The number of rotatable bonds is 3. The molecule has 0 aromatic carbocycles. The van der Waals surface area contributed by atoms with Crippen LogP contribution in [0.3, 0.4) is 0 Å². The normalized spacial score (nSPS) is 21.8. The summed E-state index contributed by atoms with van der Waals surface area (Å²) in [6.45, 7) is 0.559. The summed E-state index contributed by atoms with van der Waals surface area (Å²) in [4.78, 5) is 0.951. The van der Waals surface area contributed by atoms with E-state index in [-0.39, 0.29) is 5.41 Å². The van der Waals surface area contributed by atoms with E-state index in [4.69, 9.17) is 17.3 Å². The summed E-state index contributed by atoms with van der Waals surface area (Å²) in [5.41, 5.74) is 5.72. The summed E-state index contributed by atoms with van der Waals surface area (Å²) in [7, 11) is 0. The molecule has 0 bridgehead atoms. The van der Waals surface area contributed by atoms with Gasteiger partial charge in [0, 0.05) is 16.8 Å². The summed E-state index contributed by atoms with van der Waals surface area (Å²) in [6, 6.07) is 3.75. The predicted octanol–water partition coefficient (Wildman–Crippen LogP) is 2.95. The van der Waals surface area contributed by atoms with Crippen LogP contribution in [0.2, 0.25) is 4.34 Å². The summed E-state index contributed by atoms with van der Waals surface area (Å²) in [5.74, 6) is 0. The molecule has 1 saturated carbocycles. The van der Waals surface area contributed by atoms with Crippen molar-refractivity contribution in [1.82, 2.24) is 0 Å². The lowest BCUT2D eigenvalue weighted by atomic mass is 9.80. The largest absolute Gasteiger partial charge is 0.387 e. The minimum absolute atomic E-state index is 0.103. The van der Waals surface area contributed by atoms with Crippen LogP contribution in [0.15, 0.2) is 12.1 Å². The van der Waals surface area contributed by atoms with Crippen molar-refractivity contribution in [1.29, 1.82) is 0 Å². The van der Waals surface area contributed by atoms with E-state index in [0.717, 1.165) is 22.1 Å². The Bertz CT molecular complexity index is 333. The monoisotopic (exact) mass is 245 g/mol. The van der Waals surface area contributed by atoms with Crippen LogP contribution in [0.1, 0.15) is 36.7 Å². The van der Waals surface area contributed by atoms with Crippen molar-refractivity contribution in [3.8, 4) is 0 Å². The Morgan fingerprint density at radius 2 is 2.13 bits per heavy atom. The number of halogens is 1. The molecule has 1 aliphatic carbocycles. The van der Waals surface area contributed by atoms with E-state index in [0.29, 0.717) is 6.54 Å². The minimum Gasteiger partial charge on any atom is -0.387 e. The van der Waals surface area contributed by atoms with Gasteiger partial charge in [0.15, 0.2) is 0 Å². The third-order valence-corrected chi connectivity index (χ3v) is 4.73. The zero-order valence-electron chi connectivity index (χ0n) is 8.58. The quantitative estimate of drug-likeness (QED) is 0.860. The average molecular weight is 246 g/mol. The van der Waals surface area contributed by atoms with Crippen molar-refractivity contribution >= 4 is 22.9 Å². The zero-order valence-corrected chi connectivity index (χ0v) is 10.2. The molecule has 1 aromatic rings. The van der Waals surface area contributed by atoms with Gasteiger partial charge < -0.3 is 10.8 Å². The van der Waals surface area contributed by atoms with Gasteiger partial charge in [0.2, 0.25) is 0 Å². The van der Waals surface area contributed by atoms with E-state index >= 15 is 0 Å². The molecular weight excluding hydrogens is 230 g/mol. The maximum absolute atomic E-state index is 10.4. The Kier molecular flexibility index (Phi) is 3.36. The SMILES string of the molecule is NCC1(C(O)c2ccc(Cl)s2)CCCC1. The van der Waals surface area contributed by atoms with E-state index in [1.165, 1.54) is 24.2 Å². The van der Waals surface area contributed by atoms with Gasteiger partial charge in [0.05, 0.1) is 10.4 Å². The van der Waals surface area contributed by atoms with Gasteiger partial charge in [-0.15, -0.1) is 11.3 Å². The second-order valence-electron chi connectivity index (χ2n) is 4.32. The molecule has 0 saturated heterocycles. The van der Waals surface area contributed by atoms with Crippen LogP contribution in [-0.2, 0) is 0 Å². The fraction of sp³-hybridized carbons (Fsp3) is 0.636. The summed E-state index contributed by atoms with van der Waals surface area (Å²) in [6.07, 6.45) is 3.96. The van der Waals surface area contributed by atoms with Crippen LogP contribution in [0.25, 0.3) is 0 Å². The Labute approximate surface area is 99.1 Å². The number of thiophene rings is 1. The van der Waals surface area contributed by atoms with Crippen LogP contribution in [0.5, 0.6) is 0 Å². The van der Waals surface area contributed by atoms with E-state index in [9.17, 15) is 5.11 Å². The third-order valence-electron chi connectivity index (χ3n) is 3.45. The lowest BCUT2D eigenvalue weighted by Gasteiger charge is -2.32. The molecule has 1 heterocycles. The number of nitrogens with two attached hydrogens (primary N) is 1. The van der Waals surface area contributed by atoms with Crippen LogP contribution in [0, 0.1) is 5.41 Å². The first-order valence-electron chi connectivity index (χ1n) is 5.31. The highest BCUT2D eigenvalue weighted by Gasteiger charge is 2.40. The standard InChI is InChI=1S/C11H16ClNOS/c12-9-4-3-8(15-9)10(14)11(7-13)5-1-2-6-11/h3-4,10,14H,1-2,5-7,13H2. The Morgan fingerprint density at radius 3 is 2.60 bits per heavy atom. The summed E-state index contributed by atoms with van der Waals surface area (Å²) in [5, 5.41) is 10.4. The molecule has 0 amide bonds. The molecule has 15 heavy (non-hydrogen) atoms. The van der Waals surface area contributed by atoms with Gasteiger partial charge in [-0.25, -0.2) is 0 Å². The van der Waals surface area contributed by atoms with Crippen molar-refractivity contribution in [3.63, 3.8) is 0 Å². The molecular formula is C11H16ClNOS. The summed E-state index contributed by atoms with van der Waals surface area (Å²) >= 11 is 7.33. The second kappa shape index (κ2) is 4.42. The number of hydrogen-bond acceptors (Lipinski definition) is 3. The van der Waals surface area contributed by atoms with E-state index in [2.05, 4.69) is 0 Å². The van der Waals surface area contributed by atoms with Crippen molar-refractivity contribution in [2.24, 2.45) is 11.1 Å². The molecule has 1 aromatic heterocycles. The first kappa shape index (κ1) is 11.4. The lowest BCUT2D eigenvalue weighted by Crippen LogP contribution is -2.33. The molecule has 1 unspecified atom stereocenters. The smallest absolute Gasteiger partial charge is 0.0950 e. The molecule has 0 aliphatic heterocycles. The van der Waals surface area contributed by atoms with Crippen LogP contribution in [-0.4, -0.2) is 11.7 Å². The Morgan fingerprint density at radius 1 is 1.47 bits per heavy atom. The van der Waals surface area contributed by atoms with Gasteiger partial charge >= 0.3 is 0 Å². The van der Waals surface area contributed by atoms with Gasteiger partial charge in [-0.3, -0.25) is 0 Å². The summed E-state index contributed by atoms with van der Waals surface area (Å²) < 4.78 is 0.731. The molecule has 2 rings (SSSR count). The van der Waals surface area contributed by atoms with Crippen molar-refractivity contribution in [2.75, 3.05) is 6.54 Å². The molecule has 1 aliphatic rings. The van der Waals surface area contributed by atoms with Gasteiger partial charge in [-0.2, -0.15) is 0 Å². The van der Waals surface area contributed by atoms with Crippen LogP contribution in [0.4, 0.5) is 0 Å². The van der Waals surface area contributed by atoms with Gasteiger partial charge in [-0.1, -0.05) is 24.4 Å².